The van der Waals surface area contributed by atoms with Gasteiger partial charge >= 0.3 is 0 Å². The molecule has 1 aliphatic heterocycles. The molecule has 1 heterocycles. The van der Waals surface area contributed by atoms with Crippen LogP contribution in [-0.2, 0) is 9.47 Å². The van der Waals surface area contributed by atoms with Crippen LogP contribution in [0.25, 0.3) is 0 Å². The Labute approximate surface area is 80.0 Å². The van der Waals surface area contributed by atoms with Crippen LogP contribution in [0.4, 0.5) is 0 Å². The van der Waals surface area contributed by atoms with Crippen LogP contribution < -0.4 is 0 Å². The second-order valence-electron chi connectivity index (χ2n) is 3.89. The highest BCUT2D eigenvalue weighted by Crippen LogP contribution is 2.25. The van der Waals surface area contributed by atoms with Gasteiger partial charge in [0.1, 0.15) is 0 Å². The van der Waals surface area contributed by atoms with Crippen molar-refractivity contribution >= 4 is 0 Å². The molecule has 0 spiro atoms. The van der Waals surface area contributed by atoms with Gasteiger partial charge in [0.05, 0.1) is 18.8 Å². The summed E-state index contributed by atoms with van der Waals surface area (Å²) >= 11 is 0. The lowest BCUT2D eigenvalue weighted by Gasteiger charge is -2.17. The Balaban J connectivity index is 2.21. The zero-order chi connectivity index (χ0) is 9.84. The summed E-state index contributed by atoms with van der Waals surface area (Å²) in [7, 11) is 0. The lowest BCUT2D eigenvalue weighted by atomic mass is 10.0. The number of hydrogen-bond acceptors (Lipinski definition) is 3. The van der Waals surface area contributed by atoms with Gasteiger partial charge in [0.15, 0.2) is 6.29 Å². The minimum Gasteiger partial charge on any atom is -0.373 e. The zero-order valence-electron chi connectivity index (χ0n) is 8.69. The van der Waals surface area contributed by atoms with E-state index in [0.29, 0.717) is 25.0 Å². The fraction of sp³-hybridized carbons (Fsp3) is 1.00. The maximum atomic E-state index is 9.19. The van der Waals surface area contributed by atoms with Crippen LogP contribution in [0.1, 0.15) is 33.6 Å². The molecule has 0 aromatic heterocycles. The molecule has 0 aliphatic carbocycles. The zero-order valence-corrected chi connectivity index (χ0v) is 8.69. The minimum atomic E-state index is -0.633. The number of aliphatic hydroxyl groups is 1. The Morgan fingerprint density at radius 2 is 2.23 bits per heavy atom. The third kappa shape index (κ3) is 3.25. The van der Waals surface area contributed by atoms with Gasteiger partial charge < -0.3 is 14.6 Å². The summed E-state index contributed by atoms with van der Waals surface area (Å²) in [5.41, 5.74) is 0. The highest BCUT2D eigenvalue weighted by molar-refractivity contribution is 4.76. The van der Waals surface area contributed by atoms with E-state index in [1.54, 1.807) is 0 Å². The van der Waals surface area contributed by atoms with Gasteiger partial charge in [-0.3, -0.25) is 0 Å². The van der Waals surface area contributed by atoms with E-state index in [-0.39, 0.29) is 6.10 Å². The van der Waals surface area contributed by atoms with Crippen LogP contribution in [0, 0.1) is 5.92 Å². The van der Waals surface area contributed by atoms with Crippen LogP contribution in [-0.4, -0.2) is 30.2 Å². The normalized spacial score (nSPS) is 36.5. The molecule has 0 aromatic carbocycles. The summed E-state index contributed by atoms with van der Waals surface area (Å²) in [6.45, 7) is 6.65. The molecule has 78 valence electrons. The van der Waals surface area contributed by atoms with E-state index in [0.717, 1.165) is 6.42 Å². The van der Waals surface area contributed by atoms with Gasteiger partial charge in [-0.2, -0.15) is 0 Å². The first kappa shape index (κ1) is 11.0. The molecule has 1 aliphatic rings. The number of ether oxygens (including phenoxy) is 2. The standard InChI is InChI=1S/C10H20O3/c1-4-10(11)12-6-9-7(2)5-8(3)13-9/h7-11H,4-6H2,1-3H3. The predicted molar refractivity (Wildman–Crippen MR) is 50.4 cm³/mol. The third-order valence-electron chi connectivity index (χ3n) is 2.55. The molecule has 0 radical (unpaired) electrons. The number of hydrogen-bond donors (Lipinski definition) is 1. The van der Waals surface area contributed by atoms with Gasteiger partial charge in [-0.15, -0.1) is 0 Å². The maximum absolute atomic E-state index is 9.19. The van der Waals surface area contributed by atoms with E-state index < -0.39 is 6.29 Å². The Kier molecular flexibility index (Phi) is 4.16. The summed E-state index contributed by atoms with van der Waals surface area (Å²) in [5, 5.41) is 9.19. The highest BCUT2D eigenvalue weighted by Gasteiger charge is 2.29. The molecule has 1 N–H and O–H groups in total. The largest absolute Gasteiger partial charge is 0.373 e. The average Bonchev–Trinajstić information content (AvgIpc) is 2.41. The molecular weight excluding hydrogens is 168 g/mol. The molecular formula is C10H20O3. The van der Waals surface area contributed by atoms with Gasteiger partial charge in [0.25, 0.3) is 0 Å². The summed E-state index contributed by atoms with van der Waals surface area (Å²) in [4.78, 5) is 0. The van der Waals surface area contributed by atoms with E-state index in [9.17, 15) is 5.11 Å². The smallest absolute Gasteiger partial charge is 0.154 e. The molecule has 13 heavy (non-hydrogen) atoms. The van der Waals surface area contributed by atoms with E-state index in [1.807, 2.05) is 6.92 Å². The monoisotopic (exact) mass is 188 g/mol. The van der Waals surface area contributed by atoms with Crippen molar-refractivity contribution in [2.24, 2.45) is 5.92 Å². The van der Waals surface area contributed by atoms with Crippen LogP contribution in [0.15, 0.2) is 0 Å². The maximum Gasteiger partial charge on any atom is 0.154 e. The fourth-order valence-electron chi connectivity index (χ4n) is 1.69. The van der Waals surface area contributed by atoms with Crippen LogP contribution >= 0.6 is 0 Å². The van der Waals surface area contributed by atoms with Crippen molar-refractivity contribution in [1.82, 2.24) is 0 Å². The molecule has 4 atom stereocenters. The fourth-order valence-corrected chi connectivity index (χ4v) is 1.69. The molecule has 1 rings (SSSR count). The third-order valence-corrected chi connectivity index (χ3v) is 2.55. The van der Waals surface area contributed by atoms with E-state index >= 15 is 0 Å². The molecule has 3 heteroatoms. The van der Waals surface area contributed by atoms with Crippen molar-refractivity contribution in [3.63, 3.8) is 0 Å². The summed E-state index contributed by atoms with van der Waals surface area (Å²) in [6.07, 6.45) is 1.60. The van der Waals surface area contributed by atoms with Crippen molar-refractivity contribution in [3.05, 3.63) is 0 Å². The van der Waals surface area contributed by atoms with Gasteiger partial charge in [0.2, 0.25) is 0 Å². The Morgan fingerprint density at radius 3 is 2.69 bits per heavy atom. The van der Waals surface area contributed by atoms with Crippen molar-refractivity contribution in [1.29, 1.82) is 0 Å². The summed E-state index contributed by atoms with van der Waals surface area (Å²) < 4.78 is 10.9. The highest BCUT2D eigenvalue weighted by atomic mass is 16.6. The minimum absolute atomic E-state index is 0.163. The molecule has 1 fully saturated rings. The number of aliphatic hydroxyl groups excluding tert-OH is 1. The van der Waals surface area contributed by atoms with Crippen LogP contribution in [0.2, 0.25) is 0 Å². The SMILES string of the molecule is CCC(O)OCC1OC(C)CC1C. The molecule has 1 saturated heterocycles. The van der Waals surface area contributed by atoms with Gasteiger partial charge in [-0.05, 0) is 25.7 Å². The molecule has 0 aromatic rings. The van der Waals surface area contributed by atoms with Crippen LogP contribution in [0.5, 0.6) is 0 Å². The quantitative estimate of drug-likeness (QED) is 0.680. The second-order valence-corrected chi connectivity index (χ2v) is 3.89. The van der Waals surface area contributed by atoms with E-state index in [2.05, 4.69) is 13.8 Å². The predicted octanol–water partition coefficient (Wildman–Crippen LogP) is 1.54. The summed E-state index contributed by atoms with van der Waals surface area (Å²) in [6, 6.07) is 0. The summed E-state index contributed by atoms with van der Waals surface area (Å²) in [5.74, 6) is 0.541. The molecule has 0 saturated carbocycles. The van der Waals surface area contributed by atoms with E-state index in [4.69, 9.17) is 9.47 Å². The topological polar surface area (TPSA) is 38.7 Å². The van der Waals surface area contributed by atoms with Gasteiger partial charge in [-0.25, -0.2) is 0 Å². The first-order valence-corrected chi connectivity index (χ1v) is 5.08. The second kappa shape index (κ2) is 4.94. The van der Waals surface area contributed by atoms with Crippen molar-refractivity contribution < 1.29 is 14.6 Å². The Bertz CT molecular complexity index is 149. The average molecular weight is 188 g/mol. The molecule has 0 amide bonds. The lowest BCUT2D eigenvalue weighted by Crippen LogP contribution is -2.24. The molecule has 4 unspecified atom stereocenters. The van der Waals surface area contributed by atoms with Crippen molar-refractivity contribution in [3.8, 4) is 0 Å². The first-order valence-electron chi connectivity index (χ1n) is 5.08. The Hall–Kier alpha value is -0.120. The lowest BCUT2D eigenvalue weighted by molar-refractivity contribution is -0.132. The molecule has 0 bridgehead atoms. The first-order chi connectivity index (χ1) is 6.13. The van der Waals surface area contributed by atoms with Crippen LogP contribution in [0.3, 0.4) is 0 Å². The number of rotatable bonds is 4. The van der Waals surface area contributed by atoms with Gasteiger partial charge in [-0.1, -0.05) is 13.8 Å². The Morgan fingerprint density at radius 1 is 1.54 bits per heavy atom. The van der Waals surface area contributed by atoms with Crippen molar-refractivity contribution in [2.75, 3.05) is 6.61 Å². The van der Waals surface area contributed by atoms with Crippen molar-refractivity contribution in [2.45, 2.75) is 52.1 Å². The van der Waals surface area contributed by atoms with Gasteiger partial charge in [0, 0.05) is 0 Å². The molecule has 3 nitrogen and oxygen atoms in total. The van der Waals surface area contributed by atoms with E-state index in [1.165, 1.54) is 0 Å².